The van der Waals surface area contributed by atoms with Gasteiger partial charge in [-0.3, -0.25) is 9.59 Å². The van der Waals surface area contributed by atoms with Crippen molar-refractivity contribution in [1.29, 1.82) is 0 Å². The molecule has 22 heavy (non-hydrogen) atoms. The third kappa shape index (κ3) is 4.00. The van der Waals surface area contributed by atoms with Gasteiger partial charge in [0.25, 0.3) is 0 Å². The number of fused-ring (bicyclic) bond motifs is 1. The maximum absolute atomic E-state index is 12.7. The van der Waals surface area contributed by atoms with E-state index < -0.39 is 5.25 Å². The van der Waals surface area contributed by atoms with E-state index in [1.165, 1.54) is 11.8 Å². The second-order valence-corrected chi connectivity index (χ2v) is 7.02. The zero-order chi connectivity index (χ0) is 16.1. The van der Waals surface area contributed by atoms with Gasteiger partial charge < -0.3 is 10.2 Å². The van der Waals surface area contributed by atoms with E-state index in [4.69, 9.17) is 0 Å². The lowest BCUT2D eigenvalue weighted by atomic mass is 10.1. The van der Waals surface area contributed by atoms with Gasteiger partial charge >= 0.3 is 0 Å². The zero-order valence-corrected chi connectivity index (χ0v) is 14.2. The number of thioether (sulfide) groups is 1. The monoisotopic (exact) mass is 321 g/mol. The van der Waals surface area contributed by atoms with Crippen molar-refractivity contribution < 1.29 is 9.59 Å². The molecule has 0 radical (unpaired) electrons. The number of hydrogen-bond donors (Lipinski definition) is 1. The molecule has 2 amide bonds. The van der Waals surface area contributed by atoms with Crippen LogP contribution in [0.15, 0.2) is 23.4 Å². The molecule has 0 saturated carbocycles. The molecular weight excluding hydrogens is 298 g/mol. The Balaban J connectivity index is 2.17. The highest BCUT2D eigenvalue weighted by molar-refractivity contribution is 8.00. The number of carbonyl (C=O) groups is 2. The van der Waals surface area contributed by atoms with Gasteiger partial charge in [0.1, 0.15) is 5.03 Å². The summed E-state index contributed by atoms with van der Waals surface area (Å²) < 4.78 is 0. The average Bonchev–Trinajstić information content (AvgIpc) is 2.49. The van der Waals surface area contributed by atoms with Crippen LogP contribution in [0.5, 0.6) is 0 Å². The van der Waals surface area contributed by atoms with E-state index >= 15 is 0 Å². The summed E-state index contributed by atoms with van der Waals surface area (Å²) in [6, 6.07) is 3.76. The highest BCUT2D eigenvalue weighted by Gasteiger charge is 2.35. The quantitative estimate of drug-likeness (QED) is 0.874. The Morgan fingerprint density at radius 3 is 2.95 bits per heavy atom. The van der Waals surface area contributed by atoms with E-state index in [1.54, 1.807) is 11.1 Å². The molecule has 1 atom stereocenters. The van der Waals surface area contributed by atoms with Crippen LogP contribution in [0.3, 0.4) is 0 Å². The summed E-state index contributed by atoms with van der Waals surface area (Å²) in [6.07, 6.45) is 2.82. The first-order chi connectivity index (χ1) is 10.5. The van der Waals surface area contributed by atoms with Crippen LogP contribution in [-0.4, -0.2) is 35.1 Å². The fourth-order valence-electron chi connectivity index (χ4n) is 2.34. The van der Waals surface area contributed by atoms with Crippen LogP contribution in [0.25, 0.3) is 0 Å². The second-order valence-electron chi connectivity index (χ2n) is 5.83. The summed E-state index contributed by atoms with van der Waals surface area (Å²) in [5, 5.41) is 3.28. The Morgan fingerprint density at radius 2 is 2.27 bits per heavy atom. The van der Waals surface area contributed by atoms with Crippen LogP contribution in [0, 0.1) is 5.92 Å². The molecule has 120 valence electrons. The Labute approximate surface area is 135 Å². The fourth-order valence-corrected chi connectivity index (χ4v) is 3.50. The molecule has 0 bridgehead atoms. The summed E-state index contributed by atoms with van der Waals surface area (Å²) in [6.45, 7) is 7.45. The molecule has 0 fully saturated rings. The first kappa shape index (κ1) is 16.8. The molecule has 1 aliphatic rings. The van der Waals surface area contributed by atoms with Crippen LogP contribution >= 0.6 is 11.8 Å². The third-order valence-corrected chi connectivity index (χ3v) is 4.52. The molecule has 0 aliphatic carbocycles. The van der Waals surface area contributed by atoms with E-state index in [0.29, 0.717) is 19.0 Å². The highest BCUT2D eigenvalue weighted by atomic mass is 32.2. The average molecular weight is 321 g/mol. The van der Waals surface area contributed by atoms with Crippen molar-refractivity contribution in [1.82, 2.24) is 10.3 Å². The summed E-state index contributed by atoms with van der Waals surface area (Å²) in [5.41, 5.74) is 0.858. The van der Waals surface area contributed by atoms with Gasteiger partial charge in [-0.1, -0.05) is 32.5 Å². The Morgan fingerprint density at radius 1 is 1.50 bits per heavy atom. The summed E-state index contributed by atoms with van der Waals surface area (Å²) in [4.78, 5) is 30.8. The minimum atomic E-state index is -0.391. The van der Waals surface area contributed by atoms with Gasteiger partial charge in [-0.15, -0.1) is 0 Å². The van der Waals surface area contributed by atoms with Crippen molar-refractivity contribution in [2.45, 2.75) is 43.9 Å². The standard InChI is InChI=1S/C16H23N3O2S/c1-4-7-17-14(20)9-13-16(21)19(10-11(2)3)12-6-5-8-18-15(12)22-13/h5-6,8,11,13H,4,7,9-10H2,1-3H3,(H,17,20)/t13-/m1/s1. The molecule has 1 aliphatic heterocycles. The normalized spacial score (nSPS) is 17.5. The van der Waals surface area contributed by atoms with E-state index in [9.17, 15) is 9.59 Å². The number of aromatic nitrogens is 1. The molecule has 2 rings (SSSR count). The molecule has 1 N–H and O–H groups in total. The van der Waals surface area contributed by atoms with E-state index in [2.05, 4.69) is 24.1 Å². The SMILES string of the molecule is CCCNC(=O)C[C@H]1Sc2ncccc2N(CC(C)C)C1=O. The number of nitrogens with zero attached hydrogens (tertiary/aromatic N) is 2. The van der Waals surface area contributed by atoms with Crippen molar-refractivity contribution in [3.63, 3.8) is 0 Å². The molecule has 0 saturated heterocycles. The van der Waals surface area contributed by atoms with Crippen molar-refractivity contribution in [2.75, 3.05) is 18.0 Å². The van der Waals surface area contributed by atoms with Gasteiger partial charge in [-0.2, -0.15) is 0 Å². The largest absolute Gasteiger partial charge is 0.356 e. The zero-order valence-electron chi connectivity index (χ0n) is 13.3. The lowest BCUT2D eigenvalue weighted by Gasteiger charge is -2.33. The number of pyridine rings is 1. The first-order valence-electron chi connectivity index (χ1n) is 7.72. The van der Waals surface area contributed by atoms with Crippen LogP contribution in [-0.2, 0) is 9.59 Å². The summed E-state index contributed by atoms with van der Waals surface area (Å²) in [7, 11) is 0. The fraction of sp³-hybridized carbons (Fsp3) is 0.562. The van der Waals surface area contributed by atoms with Gasteiger partial charge in [-0.05, 0) is 24.5 Å². The van der Waals surface area contributed by atoms with Crippen molar-refractivity contribution >= 4 is 29.3 Å². The molecule has 0 aromatic carbocycles. The molecular formula is C16H23N3O2S. The Kier molecular flexibility index (Phi) is 5.83. The van der Waals surface area contributed by atoms with Gasteiger partial charge in [-0.25, -0.2) is 4.98 Å². The van der Waals surface area contributed by atoms with Crippen molar-refractivity contribution in [2.24, 2.45) is 5.92 Å². The van der Waals surface area contributed by atoms with Crippen molar-refractivity contribution in [3.8, 4) is 0 Å². The maximum atomic E-state index is 12.7. The van der Waals surface area contributed by atoms with E-state index in [1.807, 2.05) is 19.1 Å². The second kappa shape index (κ2) is 7.63. The number of carbonyl (C=O) groups excluding carboxylic acids is 2. The van der Waals surface area contributed by atoms with Gasteiger partial charge in [0.05, 0.1) is 10.9 Å². The first-order valence-corrected chi connectivity index (χ1v) is 8.60. The number of anilines is 1. The van der Waals surface area contributed by atoms with Crippen LogP contribution in [0.2, 0.25) is 0 Å². The summed E-state index contributed by atoms with van der Waals surface area (Å²) in [5.74, 6) is 0.289. The van der Waals surface area contributed by atoms with Gasteiger partial charge in [0, 0.05) is 25.7 Å². The highest BCUT2D eigenvalue weighted by Crippen LogP contribution is 2.38. The Bertz CT molecular complexity index is 548. The molecule has 1 aromatic heterocycles. The summed E-state index contributed by atoms with van der Waals surface area (Å²) >= 11 is 1.39. The molecule has 2 heterocycles. The smallest absolute Gasteiger partial charge is 0.241 e. The number of rotatable bonds is 6. The molecule has 0 unspecified atom stereocenters. The molecule has 5 nitrogen and oxygen atoms in total. The number of nitrogens with one attached hydrogen (secondary N) is 1. The molecule has 6 heteroatoms. The van der Waals surface area contributed by atoms with Crippen LogP contribution in [0.4, 0.5) is 5.69 Å². The Hall–Kier alpha value is -1.56. The van der Waals surface area contributed by atoms with E-state index in [0.717, 1.165) is 17.1 Å². The topological polar surface area (TPSA) is 62.3 Å². The van der Waals surface area contributed by atoms with E-state index in [-0.39, 0.29) is 18.2 Å². The minimum Gasteiger partial charge on any atom is -0.356 e. The predicted molar refractivity (Wildman–Crippen MR) is 89.0 cm³/mol. The minimum absolute atomic E-state index is 0.00542. The molecule has 1 aromatic rings. The predicted octanol–water partition coefficient (Wildman–Crippen LogP) is 2.46. The lowest BCUT2D eigenvalue weighted by Crippen LogP contribution is -2.45. The maximum Gasteiger partial charge on any atom is 0.241 e. The number of hydrogen-bond acceptors (Lipinski definition) is 4. The van der Waals surface area contributed by atoms with Crippen LogP contribution < -0.4 is 10.2 Å². The van der Waals surface area contributed by atoms with Crippen LogP contribution in [0.1, 0.15) is 33.6 Å². The van der Waals surface area contributed by atoms with Gasteiger partial charge in [0.2, 0.25) is 11.8 Å². The third-order valence-electron chi connectivity index (χ3n) is 3.33. The lowest BCUT2D eigenvalue weighted by molar-refractivity contribution is -0.124. The molecule has 0 spiro atoms. The van der Waals surface area contributed by atoms with Crippen molar-refractivity contribution in [3.05, 3.63) is 18.3 Å². The van der Waals surface area contributed by atoms with Gasteiger partial charge in [0.15, 0.2) is 0 Å². The number of amides is 2.